The van der Waals surface area contributed by atoms with Crippen LogP contribution in [0.25, 0.3) is 0 Å². The fourth-order valence-electron chi connectivity index (χ4n) is 4.53. The zero-order valence-corrected chi connectivity index (χ0v) is 19.6. The molecule has 176 valence electrons. The van der Waals surface area contributed by atoms with Gasteiger partial charge in [-0.15, -0.1) is 0 Å². The van der Waals surface area contributed by atoms with Gasteiger partial charge >= 0.3 is 5.97 Å². The number of fused-ring (bicyclic) bond motifs is 1. The summed E-state index contributed by atoms with van der Waals surface area (Å²) in [7, 11) is 3.07. The summed E-state index contributed by atoms with van der Waals surface area (Å²) in [6.45, 7) is 3.25. The first-order valence-electron chi connectivity index (χ1n) is 11.0. The van der Waals surface area contributed by atoms with Gasteiger partial charge < -0.3 is 18.9 Å². The predicted molar refractivity (Wildman–Crippen MR) is 124 cm³/mol. The number of carbonyl (C=O) groups excluding carboxylic acids is 2. The van der Waals surface area contributed by atoms with E-state index in [2.05, 4.69) is 4.90 Å². The summed E-state index contributed by atoms with van der Waals surface area (Å²) >= 11 is 6.33. The Hall–Kier alpha value is -2.84. The van der Waals surface area contributed by atoms with Crippen LogP contribution in [0.5, 0.6) is 5.75 Å². The van der Waals surface area contributed by atoms with Gasteiger partial charge in [0.25, 0.3) is 5.56 Å². The third kappa shape index (κ3) is 5.07. The van der Waals surface area contributed by atoms with Gasteiger partial charge in [-0.1, -0.05) is 29.8 Å². The van der Waals surface area contributed by atoms with Crippen molar-refractivity contribution >= 4 is 23.5 Å². The number of methoxy groups -OCH3 is 1. The summed E-state index contributed by atoms with van der Waals surface area (Å²) in [6.07, 6.45) is 0.886. The zero-order valence-electron chi connectivity index (χ0n) is 18.9. The van der Waals surface area contributed by atoms with Gasteiger partial charge in [-0.2, -0.15) is 0 Å². The highest BCUT2D eigenvalue weighted by atomic mass is 35.5. The number of hydrogen-bond donors (Lipinski definition) is 0. The number of carbonyl (C=O) groups is 2. The molecule has 0 saturated carbocycles. The molecule has 33 heavy (non-hydrogen) atoms. The lowest BCUT2D eigenvalue weighted by atomic mass is 10.1. The van der Waals surface area contributed by atoms with Crippen molar-refractivity contribution in [2.24, 2.45) is 5.92 Å². The van der Waals surface area contributed by atoms with Gasteiger partial charge in [-0.3, -0.25) is 14.5 Å². The number of amides is 1. The van der Waals surface area contributed by atoms with Crippen molar-refractivity contribution in [1.82, 2.24) is 14.4 Å². The Morgan fingerprint density at radius 3 is 2.67 bits per heavy atom. The number of nitrogens with zero attached hydrogens (tertiary/aromatic N) is 3. The summed E-state index contributed by atoms with van der Waals surface area (Å²) < 4.78 is 12.6. The maximum Gasteiger partial charge on any atom is 0.343 e. The van der Waals surface area contributed by atoms with Crippen molar-refractivity contribution in [3.8, 4) is 5.75 Å². The molecular formula is C24H28ClN3O5. The Morgan fingerprint density at radius 1 is 1.18 bits per heavy atom. The van der Waals surface area contributed by atoms with Crippen LogP contribution in [0.1, 0.15) is 28.0 Å². The van der Waals surface area contributed by atoms with Crippen molar-refractivity contribution in [2.45, 2.75) is 25.9 Å². The summed E-state index contributed by atoms with van der Waals surface area (Å²) in [5.41, 5.74) is 1.71. The SMILES string of the molecule is COC(=O)c1c(OC[C@H]2CC(=O)N(C)C2)cc(=O)n2c1CCN(Cc1ccccc1Cl)CC2. The van der Waals surface area contributed by atoms with E-state index in [1.807, 2.05) is 24.3 Å². The number of esters is 1. The molecule has 0 bridgehead atoms. The van der Waals surface area contributed by atoms with Crippen LogP contribution in [-0.4, -0.2) is 66.6 Å². The Kier molecular flexibility index (Phi) is 7.05. The molecule has 0 unspecified atom stereocenters. The van der Waals surface area contributed by atoms with E-state index in [-0.39, 0.29) is 35.3 Å². The van der Waals surface area contributed by atoms with Crippen LogP contribution in [0.2, 0.25) is 5.02 Å². The highest BCUT2D eigenvalue weighted by Gasteiger charge is 2.30. The standard InChI is InChI=1S/C24H28ClN3O5/c1-26-13-16(11-21(26)29)15-33-20-12-22(30)28-10-9-27(14-17-5-3-4-6-18(17)25)8-7-19(28)23(20)24(31)32-2/h3-6,12,16H,7-11,13-15H2,1-2H3/t16-/m0/s1. The molecule has 1 saturated heterocycles. The van der Waals surface area contributed by atoms with Crippen molar-refractivity contribution in [1.29, 1.82) is 0 Å². The fourth-order valence-corrected chi connectivity index (χ4v) is 4.73. The Bertz CT molecular complexity index is 1120. The number of rotatable bonds is 6. The molecule has 1 aromatic heterocycles. The molecule has 1 fully saturated rings. The van der Waals surface area contributed by atoms with Crippen molar-refractivity contribution in [3.05, 3.63) is 62.5 Å². The number of pyridine rings is 1. The molecule has 0 N–H and O–H groups in total. The summed E-state index contributed by atoms with van der Waals surface area (Å²) in [5, 5.41) is 0.707. The van der Waals surface area contributed by atoms with E-state index in [4.69, 9.17) is 21.1 Å². The lowest BCUT2D eigenvalue weighted by Crippen LogP contribution is -2.29. The molecule has 4 rings (SSSR count). The first-order chi connectivity index (χ1) is 15.9. The number of aromatic nitrogens is 1. The molecule has 1 atom stereocenters. The van der Waals surface area contributed by atoms with Crippen LogP contribution < -0.4 is 10.3 Å². The summed E-state index contributed by atoms with van der Waals surface area (Å²) in [4.78, 5) is 41.4. The first kappa shape index (κ1) is 23.3. The number of benzene rings is 1. The van der Waals surface area contributed by atoms with Gasteiger partial charge in [-0.05, 0) is 11.6 Å². The van der Waals surface area contributed by atoms with E-state index >= 15 is 0 Å². The summed E-state index contributed by atoms with van der Waals surface area (Å²) in [6, 6.07) is 9.06. The molecule has 9 heteroatoms. The van der Waals surface area contributed by atoms with Crippen LogP contribution in [0.3, 0.4) is 0 Å². The maximum atomic E-state index is 12.9. The van der Waals surface area contributed by atoms with Crippen LogP contribution in [0.4, 0.5) is 0 Å². The second-order valence-corrected chi connectivity index (χ2v) is 8.99. The molecule has 0 aliphatic carbocycles. The second-order valence-electron chi connectivity index (χ2n) is 8.58. The number of halogens is 1. The lowest BCUT2D eigenvalue weighted by molar-refractivity contribution is -0.126. The smallest absolute Gasteiger partial charge is 0.343 e. The Labute approximate surface area is 197 Å². The number of hydrogen-bond acceptors (Lipinski definition) is 6. The predicted octanol–water partition coefficient (Wildman–Crippen LogP) is 2.20. The first-order valence-corrected chi connectivity index (χ1v) is 11.4. The molecule has 2 aliphatic rings. The van der Waals surface area contributed by atoms with Crippen LogP contribution in [-0.2, 0) is 29.0 Å². The normalized spacial score (nSPS) is 18.7. The molecular weight excluding hydrogens is 446 g/mol. The van der Waals surface area contributed by atoms with Crippen molar-refractivity contribution < 1.29 is 19.1 Å². The van der Waals surface area contributed by atoms with Gasteiger partial charge in [0, 0.05) is 75.3 Å². The minimum Gasteiger partial charge on any atom is -0.492 e. The topological polar surface area (TPSA) is 81.1 Å². The van der Waals surface area contributed by atoms with E-state index in [0.29, 0.717) is 56.3 Å². The number of likely N-dealkylation sites (tertiary alicyclic amines) is 1. The maximum absolute atomic E-state index is 12.9. The van der Waals surface area contributed by atoms with Gasteiger partial charge in [0.05, 0.1) is 13.7 Å². The van der Waals surface area contributed by atoms with E-state index in [1.54, 1.807) is 16.5 Å². The molecule has 0 radical (unpaired) electrons. The Morgan fingerprint density at radius 2 is 1.97 bits per heavy atom. The van der Waals surface area contributed by atoms with Gasteiger partial charge in [-0.25, -0.2) is 4.79 Å². The van der Waals surface area contributed by atoms with Crippen LogP contribution >= 0.6 is 11.6 Å². The van der Waals surface area contributed by atoms with Crippen LogP contribution in [0.15, 0.2) is 35.1 Å². The van der Waals surface area contributed by atoms with Crippen molar-refractivity contribution in [3.63, 3.8) is 0 Å². The third-order valence-electron chi connectivity index (χ3n) is 6.32. The zero-order chi connectivity index (χ0) is 23.5. The highest BCUT2D eigenvalue weighted by molar-refractivity contribution is 6.31. The Balaban J connectivity index is 1.57. The van der Waals surface area contributed by atoms with Crippen molar-refractivity contribution in [2.75, 3.05) is 40.4 Å². The van der Waals surface area contributed by atoms with Gasteiger partial charge in [0.1, 0.15) is 11.3 Å². The third-order valence-corrected chi connectivity index (χ3v) is 6.69. The minimum atomic E-state index is -0.534. The number of ether oxygens (including phenoxy) is 2. The van der Waals surface area contributed by atoms with E-state index in [1.165, 1.54) is 13.2 Å². The molecule has 2 aromatic rings. The van der Waals surface area contributed by atoms with Crippen LogP contribution in [0, 0.1) is 5.92 Å². The average molecular weight is 474 g/mol. The average Bonchev–Trinajstić information content (AvgIpc) is 2.98. The quantitative estimate of drug-likeness (QED) is 0.598. The molecule has 1 amide bonds. The second kappa shape index (κ2) is 9.97. The molecule has 0 spiro atoms. The van der Waals surface area contributed by atoms with Gasteiger partial charge in [0.2, 0.25) is 5.91 Å². The van der Waals surface area contributed by atoms with E-state index < -0.39 is 5.97 Å². The highest BCUT2D eigenvalue weighted by Crippen LogP contribution is 2.26. The molecule has 8 nitrogen and oxygen atoms in total. The monoisotopic (exact) mass is 473 g/mol. The fraction of sp³-hybridized carbons (Fsp3) is 0.458. The largest absolute Gasteiger partial charge is 0.492 e. The minimum absolute atomic E-state index is 0.0145. The lowest BCUT2D eigenvalue weighted by Gasteiger charge is -2.20. The molecule has 2 aliphatic heterocycles. The molecule has 3 heterocycles. The van der Waals surface area contributed by atoms with E-state index in [9.17, 15) is 14.4 Å². The molecule has 1 aromatic carbocycles. The van der Waals surface area contributed by atoms with Gasteiger partial charge in [0.15, 0.2) is 0 Å². The summed E-state index contributed by atoms with van der Waals surface area (Å²) in [5.74, 6) is -0.231. The van der Waals surface area contributed by atoms with E-state index in [0.717, 1.165) is 5.56 Å².